The highest BCUT2D eigenvalue weighted by molar-refractivity contribution is 5.46. The molecule has 1 atom stereocenters. The molecule has 3 nitrogen and oxygen atoms in total. The molecule has 0 fully saturated rings. The molecule has 1 rings (SSSR count). The van der Waals surface area contributed by atoms with Gasteiger partial charge in [-0.3, -0.25) is 0 Å². The van der Waals surface area contributed by atoms with Gasteiger partial charge in [-0.05, 0) is 32.1 Å². The summed E-state index contributed by atoms with van der Waals surface area (Å²) >= 11 is 0. The third kappa shape index (κ3) is 4.70. The van der Waals surface area contributed by atoms with Gasteiger partial charge in [-0.2, -0.15) is 13.2 Å². The number of alkyl halides is 3. The lowest BCUT2D eigenvalue weighted by Crippen LogP contribution is -2.37. The molecule has 6 heteroatoms. The lowest BCUT2D eigenvalue weighted by Gasteiger charge is -2.27. The van der Waals surface area contributed by atoms with Crippen molar-refractivity contribution in [2.45, 2.75) is 26.1 Å². The number of likely N-dealkylation sites (N-methyl/N-ethyl adjacent to an activating group) is 1. The van der Waals surface area contributed by atoms with E-state index in [2.05, 4.69) is 10.3 Å². The number of anilines is 1. The quantitative estimate of drug-likeness (QED) is 0.895. The van der Waals surface area contributed by atoms with E-state index in [4.69, 9.17) is 0 Å². The molecule has 1 aromatic heterocycles. The summed E-state index contributed by atoms with van der Waals surface area (Å²) in [4.78, 5) is 5.76. The van der Waals surface area contributed by atoms with Crippen LogP contribution >= 0.6 is 0 Å². The summed E-state index contributed by atoms with van der Waals surface area (Å²) in [5.41, 5.74) is -0.723. The van der Waals surface area contributed by atoms with Gasteiger partial charge in [0.05, 0.1) is 5.56 Å². The monoisotopic (exact) mass is 275 g/mol. The average molecular weight is 275 g/mol. The van der Waals surface area contributed by atoms with Crippen LogP contribution in [0.1, 0.15) is 19.4 Å². The number of aromatic nitrogens is 1. The molecular formula is C13H20F3N3. The number of pyridine rings is 1. The van der Waals surface area contributed by atoms with Gasteiger partial charge in [0.15, 0.2) is 0 Å². The molecule has 0 radical (unpaired) electrons. The van der Waals surface area contributed by atoms with E-state index in [1.165, 1.54) is 12.3 Å². The Balaban J connectivity index is 2.97. The number of nitrogens with one attached hydrogen (secondary N) is 1. The molecule has 0 aliphatic carbocycles. The molecule has 0 aromatic carbocycles. The van der Waals surface area contributed by atoms with Crippen LogP contribution in [0.25, 0.3) is 0 Å². The van der Waals surface area contributed by atoms with Gasteiger partial charge in [0, 0.05) is 18.8 Å². The summed E-state index contributed by atoms with van der Waals surface area (Å²) in [5.74, 6) is 0.0982. The summed E-state index contributed by atoms with van der Waals surface area (Å²) in [5, 5.41) is 2.91. The molecule has 1 N–H and O–H groups in total. The molecule has 0 aliphatic rings. The lowest BCUT2D eigenvalue weighted by atomic mass is 10.0. The summed E-state index contributed by atoms with van der Waals surface area (Å²) in [7, 11) is 3.78. The minimum Gasteiger partial charge on any atom is -0.365 e. The second kappa shape index (κ2) is 6.23. The number of hydrogen-bond acceptors (Lipinski definition) is 3. The predicted octanol–water partition coefficient (Wildman–Crippen LogP) is 3.10. The van der Waals surface area contributed by atoms with Crippen molar-refractivity contribution in [3.63, 3.8) is 0 Å². The van der Waals surface area contributed by atoms with Crippen LogP contribution in [0.2, 0.25) is 0 Å². The molecule has 0 spiro atoms. The van der Waals surface area contributed by atoms with Crippen molar-refractivity contribution in [3.05, 3.63) is 23.9 Å². The van der Waals surface area contributed by atoms with E-state index in [0.29, 0.717) is 6.54 Å². The van der Waals surface area contributed by atoms with Crippen molar-refractivity contribution in [3.8, 4) is 0 Å². The third-order valence-corrected chi connectivity index (χ3v) is 2.80. The van der Waals surface area contributed by atoms with Crippen molar-refractivity contribution in [1.82, 2.24) is 9.88 Å². The molecule has 1 heterocycles. The Morgan fingerprint density at radius 1 is 1.32 bits per heavy atom. The largest absolute Gasteiger partial charge is 0.419 e. The molecular weight excluding hydrogens is 255 g/mol. The molecule has 0 saturated carbocycles. The third-order valence-electron chi connectivity index (χ3n) is 2.80. The smallest absolute Gasteiger partial charge is 0.365 e. The zero-order valence-electron chi connectivity index (χ0n) is 11.6. The van der Waals surface area contributed by atoms with Crippen LogP contribution in [0.5, 0.6) is 0 Å². The van der Waals surface area contributed by atoms with Crippen molar-refractivity contribution < 1.29 is 13.2 Å². The van der Waals surface area contributed by atoms with Crippen LogP contribution in [-0.2, 0) is 6.18 Å². The van der Waals surface area contributed by atoms with Gasteiger partial charge in [0.1, 0.15) is 5.82 Å². The minimum absolute atomic E-state index is 0.0917. The Kier molecular flexibility index (Phi) is 5.17. The van der Waals surface area contributed by atoms with Crippen LogP contribution in [-0.4, -0.2) is 36.6 Å². The zero-order valence-corrected chi connectivity index (χ0v) is 11.6. The van der Waals surface area contributed by atoms with Gasteiger partial charge in [-0.15, -0.1) is 0 Å². The maximum Gasteiger partial charge on any atom is 0.419 e. The van der Waals surface area contributed by atoms with Crippen LogP contribution < -0.4 is 5.32 Å². The number of rotatable bonds is 5. The number of nitrogens with zero attached hydrogens (tertiary/aromatic N) is 2. The maximum atomic E-state index is 12.9. The van der Waals surface area contributed by atoms with Crippen LogP contribution in [0.4, 0.5) is 19.0 Å². The summed E-state index contributed by atoms with van der Waals surface area (Å²) in [6.45, 7) is 4.58. The highest BCUT2D eigenvalue weighted by Gasteiger charge is 2.34. The molecule has 0 bridgehead atoms. The van der Waals surface area contributed by atoms with E-state index in [1.807, 2.05) is 32.8 Å². The summed E-state index contributed by atoms with van der Waals surface area (Å²) < 4.78 is 38.6. The van der Waals surface area contributed by atoms with Crippen molar-refractivity contribution in [2.75, 3.05) is 26.0 Å². The van der Waals surface area contributed by atoms with E-state index in [9.17, 15) is 13.2 Å². The summed E-state index contributed by atoms with van der Waals surface area (Å²) in [6, 6.07) is 2.25. The topological polar surface area (TPSA) is 28.2 Å². The minimum atomic E-state index is -4.39. The Bertz CT molecular complexity index is 402. The van der Waals surface area contributed by atoms with Crippen LogP contribution in [0, 0.1) is 5.92 Å². The molecule has 0 aliphatic heterocycles. The predicted molar refractivity (Wildman–Crippen MR) is 70.0 cm³/mol. The molecule has 108 valence electrons. The number of halogens is 3. The fourth-order valence-electron chi connectivity index (χ4n) is 1.74. The van der Waals surface area contributed by atoms with Gasteiger partial charge in [-0.25, -0.2) is 4.98 Å². The Hall–Kier alpha value is -1.30. The van der Waals surface area contributed by atoms with Gasteiger partial charge in [0.25, 0.3) is 0 Å². The normalized spacial score (nSPS) is 13.9. The van der Waals surface area contributed by atoms with Gasteiger partial charge >= 0.3 is 6.18 Å². The second-order valence-corrected chi connectivity index (χ2v) is 5.15. The van der Waals surface area contributed by atoms with E-state index in [-0.39, 0.29) is 17.8 Å². The van der Waals surface area contributed by atoms with Crippen molar-refractivity contribution >= 4 is 5.82 Å². The van der Waals surface area contributed by atoms with Gasteiger partial charge < -0.3 is 10.2 Å². The first-order chi connectivity index (χ1) is 8.71. The molecule has 1 aromatic rings. The van der Waals surface area contributed by atoms with E-state index >= 15 is 0 Å². The maximum absolute atomic E-state index is 12.9. The molecule has 19 heavy (non-hydrogen) atoms. The van der Waals surface area contributed by atoms with Gasteiger partial charge in [0.2, 0.25) is 0 Å². The van der Waals surface area contributed by atoms with Crippen molar-refractivity contribution in [1.29, 1.82) is 0 Å². The second-order valence-electron chi connectivity index (χ2n) is 5.15. The fraction of sp³-hybridized carbons (Fsp3) is 0.615. The summed E-state index contributed by atoms with van der Waals surface area (Å²) in [6.07, 6.45) is -3.03. The van der Waals surface area contributed by atoms with Crippen LogP contribution in [0.3, 0.4) is 0 Å². The van der Waals surface area contributed by atoms with Crippen molar-refractivity contribution in [2.24, 2.45) is 5.92 Å². The van der Waals surface area contributed by atoms with Crippen LogP contribution in [0.15, 0.2) is 18.3 Å². The highest BCUT2D eigenvalue weighted by Crippen LogP contribution is 2.33. The first-order valence-electron chi connectivity index (χ1n) is 6.15. The average Bonchev–Trinajstić information content (AvgIpc) is 2.26. The molecule has 0 amide bonds. The van der Waals surface area contributed by atoms with Gasteiger partial charge in [-0.1, -0.05) is 13.8 Å². The SMILES string of the molecule is CC(C)C(CN(C)C)Nc1ncccc1C(F)(F)F. The Morgan fingerprint density at radius 2 is 1.95 bits per heavy atom. The first kappa shape index (κ1) is 15.8. The van der Waals surface area contributed by atoms with E-state index in [1.54, 1.807) is 0 Å². The highest BCUT2D eigenvalue weighted by atomic mass is 19.4. The lowest BCUT2D eigenvalue weighted by molar-refractivity contribution is -0.137. The first-order valence-corrected chi connectivity index (χ1v) is 6.15. The standard InChI is InChI=1S/C13H20F3N3/c1-9(2)11(8-19(3)4)18-12-10(13(14,15)16)6-5-7-17-12/h5-7,9,11H,8H2,1-4H3,(H,17,18). The molecule has 1 unspecified atom stereocenters. The fourth-order valence-corrected chi connectivity index (χ4v) is 1.74. The number of hydrogen-bond donors (Lipinski definition) is 1. The van der Waals surface area contributed by atoms with E-state index in [0.717, 1.165) is 6.07 Å². The Labute approximate surface area is 111 Å². The zero-order chi connectivity index (χ0) is 14.6. The Morgan fingerprint density at radius 3 is 2.42 bits per heavy atom. The molecule has 0 saturated heterocycles. The van der Waals surface area contributed by atoms with E-state index < -0.39 is 11.7 Å².